The van der Waals surface area contributed by atoms with Crippen LogP contribution in [0.3, 0.4) is 0 Å². The van der Waals surface area contributed by atoms with Crippen LogP contribution in [0.5, 0.6) is 0 Å². The van der Waals surface area contributed by atoms with E-state index in [1.165, 1.54) is 12.1 Å². The van der Waals surface area contributed by atoms with Gasteiger partial charge in [-0.2, -0.15) is 0 Å². The molecule has 3 aromatic rings. The zero-order valence-electron chi connectivity index (χ0n) is 18.2. The maximum Gasteiger partial charge on any atom is 0.411 e. The maximum atomic E-state index is 12.6. The van der Waals surface area contributed by atoms with Gasteiger partial charge < -0.3 is 20.3 Å². The normalized spacial score (nSPS) is 12.9. The number of aliphatic hydroxyl groups excluding tert-OH is 1. The largest absolute Gasteiger partial charge is 0.480 e. The molecule has 4 rings (SSSR count). The molecule has 1 aliphatic rings. The van der Waals surface area contributed by atoms with Gasteiger partial charge in [0.25, 0.3) is 5.91 Å². The molecule has 1 atom stereocenters. The monoisotopic (exact) mass is 460 g/mol. The van der Waals surface area contributed by atoms with Crippen molar-refractivity contribution in [1.82, 2.24) is 5.32 Å². The Morgan fingerprint density at radius 1 is 0.882 bits per heavy atom. The average Bonchev–Trinajstić information content (AvgIpc) is 3.16. The third kappa shape index (κ3) is 4.77. The molecule has 174 valence electrons. The standard InChI is InChI=1S/C26H24N2O6/c29-14-13-23(25(31)32)27-24(30)20-11-5-6-12-22(20)28-26(33)34-15-21-18-9-3-1-7-16(18)17-8-2-4-10-19(17)21/h1-12,21,23,29H,13-15H2,(H,27,30)(H,28,33)(H,31,32)/t23-/m0/s1. The summed E-state index contributed by atoms with van der Waals surface area (Å²) < 4.78 is 5.53. The van der Waals surface area contributed by atoms with E-state index in [1.807, 2.05) is 48.5 Å². The molecular weight excluding hydrogens is 436 g/mol. The van der Waals surface area contributed by atoms with Crippen LogP contribution < -0.4 is 10.6 Å². The second kappa shape index (κ2) is 10.2. The fourth-order valence-corrected chi connectivity index (χ4v) is 4.16. The number of amides is 2. The Bertz CT molecular complexity index is 1180. The fourth-order valence-electron chi connectivity index (χ4n) is 4.16. The van der Waals surface area contributed by atoms with Crippen LogP contribution in [-0.2, 0) is 9.53 Å². The van der Waals surface area contributed by atoms with E-state index in [0.717, 1.165) is 22.3 Å². The lowest BCUT2D eigenvalue weighted by atomic mass is 9.98. The van der Waals surface area contributed by atoms with E-state index in [9.17, 15) is 19.5 Å². The number of aliphatic carboxylic acids is 1. The number of nitrogens with one attached hydrogen (secondary N) is 2. The predicted octanol–water partition coefficient (Wildman–Crippen LogP) is 3.61. The van der Waals surface area contributed by atoms with Crippen LogP contribution in [-0.4, -0.2) is 47.4 Å². The Hall–Kier alpha value is -4.17. The number of rotatable bonds is 8. The molecule has 8 heteroatoms. The highest BCUT2D eigenvalue weighted by Crippen LogP contribution is 2.44. The molecule has 0 aromatic heterocycles. The van der Waals surface area contributed by atoms with Crippen molar-refractivity contribution in [2.75, 3.05) is 18.5 Å². The van der Waals surface area contributed by atoms with Gasteiger partial charge in [0, 0.05) is 18.9 Å². The number of carboxylic acid groups (broad SMARTS) is 1. The summed E-state index contributed by atoms with van der Waals surface area (Å²) in [4.78, 5) is 36.5. The maximum absolute atomic E-state index is 12.6. The number of carbonyl (C=O) groups excluding carboxylic acids is 2. The summed E-state index contributed by atoms with van der Waals surface area (Å²) in [5, 5.41) is 23.2. The summed E-state index contributed by atoms with van der Waals surface area (Å²) in [7, 11) is 0. The quantitative estimate of drug-likeness (QED) is 0.407. The SMILES string of the molecule is O=C(Nc1ccccc1C(=O)N[C@@H](CCO)C(=O)O)OCC1c2ccccc2-c2ccccc21. The molecule has 1 aliphatic carbocycles. The summed E-state index contributed by atoms with van der Waals surface area (Å²) in [5.41, 5.74) is 4.67. The minimum atomic E-state index is -1.26. The first-order valence-electron chi connectivity index (χ1n) is 10.8. The highest BCUT2D eigenvalue weighted by atomic mass is 16.5. The number of carboxylic acids is 1. The molecule has 0 saturated heterocycles. The summed E-state index contributed by atoms with van der Waals surface area (Å²) >= 11 is 0. The zero-order valence-corrected chi connectivity index (χ0v) is 18.2. The molecule has 0 saturated carbocycles. The number of hydrogen-bond acceptors (Lipinski definition) is 5. The Labute approximate surface area is 196 Å². The van der Waals surface area contributed by atoms with Crippen molar-refractivity contribution in [1.29, 1.82) is 0 Å². The molecule has 2 amide bonds. The van der Waals surface area contributed by atoms with Gasteiger partial charge in [-0.3, -0.25) is 10.1 Å². The topological polar surface area (TPSA) is 125 Å². The molecule has 0 heterocycles. The van der Waals surface area contributed by atoms with Gasteiger partial charge in [-0.15, -0.1) is 0 Å². The minimum Gasteiger partial charge on any atom is -0.480 e. The average molecular weight is 460 g/mol. The van der Waals surface area contributed by atoms with Crippen molar-refractivity contribution >= 4 is 23.7 Å². The molecule has 34 heavy (non-hydrogen) atoms. The minimum absolute atomic E-state index is 0.0835. The number of anilines is 1. The Kier molecular flexibility index (Phi) is 6.89. The van der Waals surface area contributed by atoms with Crippen LogP contribution >= 0.6 is 0 Å². The number of hydrogen-bond donors (Lipinski definition) is 4. The van der Waals surface area contributed by atoms with Crippen LogP contribution in [0.2, 0.25) is 0 Å². The third-order valence-corrected chi connectivity index (χ3v) is 5.77. The van der Waals surface area contributed by atoms with Crippen molar-refractivity contribution in [3.05, 3.63) is 89.5 Å². The Morgan fingerprint density at radius 3 is 2.09 bits per heavy atom. The first-order chi connectivity index (χ1) is 16.5. The van der Waals surface area contributed by atoms with Gasteiger partial charge in [-0.25, -0.2) is 9.59 Å². The van der Waals surface area contributed by atoms with E-state index < -0.39 is 30.6 Å². The van der Waals surface area contributed by atoms with E-state index in [-0.39, 0.29) is 30.2 Å². The Balaban J connectivity index is 1.45. The van der Waals surface area contributed by atoms with Crippen LogP contribution in [0.1, 0.15) is 33.8 Å². The van der Waals surface area contributed by atoms with Gasteiger partial charge in [0.15, 0.2) is 0 Å². The van der Waals surface area contributed by atoms with Crippen LogP contribution in [0.25, 0.3) is 11.1 Å². The molecule has 0 spiro atoms. The summed E-state index contributed by atoms with van der Waals surface area (Å²) in [6.07, 6.45) is -0.865. The fraction of sp³-hybridized carbons (Fsp3) is 0.192. The second-order valence-corrected chi connectivity index (χ2v) is 7.87. The van der Waals surface area contributed by atoms with Gasteiger partial charge in [-0.1, -0.05) is 60.7 Å². The summed E-state index contributed by atoms with van der Waals surface area (Å²) in [6, 6.07) is 21.0. The van der Waals surface area contributed by atoms with E-state index in [1.54, 1.807) is 12.1 Å². The van der Waals surface area contributed by atoms with Crippen molar-refractivity contribution in [2.24, 2.45) is 0 Å². The van der Waals surface area contributed by atoms with E-state index in [4.69, 9.17) is 9.84 Å². The summed E-state index contributed by atoms with van der Waals surface area (Å²) in [5.74, 6) is -2.05. The number of fused-ring (bicyclic) bond motifs is 3. The molecule has 0 bridgehead atoms. The third-order valence-electron chi connectivity index (χ3n) is 5.77. The Morgan fingerprint density at radius 2 is 1.47 bits per heavy atom. The van der Waals surface area contributed by atoms with Crippen LogP contribution in [0, 0.1) is 0 Å². The number of aliphatic hydroxyl groups is 1. The van der Waals surface area contributed by atoms with Crippen molar-refractivity contribution in [3.63, 3.8) is 0 Å². The molecule has 0 fully saturated rings. The first-order valence-corrected chi connectivity index (χ1v) is 10.8. The highest BCUT2D eigenvalue weighted by Gasteiger charge is 2.29. The van der Waals surface area contributed by atoms with E-state index in [0.29, 0.717) is 0 Å². The molecule has 0 unspecified atom stereocenters. The number of benzene rings is 3. The van der Waals surface area contributed by atoms with E-state index >= 15 is 0 Å². The molecule has 8 nitrogen and oxygen atoms in total. The van der Waals surface area contributed by atoms with Crippen molar-refractivity contribution in [2.45, 2.75) is 18.4 Å². The predicted molar refractivity (Wildman–Crippen MR) is 126 cm³/mol. The molecule has 0 aliphatic heterocycles. The van der Waals surface area contributed by atoms with Gasteiger partial charge in [0.2, 0.25) is 0 Å². The van der Waals surface area contributed by atoms with E-state index in [2.05, 4.69) is 10.6 Å². The zero-order chi connectivity index (χ0) is 24.1. The first kappa shape index (κ1) is 23.0. The molecule has 3 aromatic carbocycles. The van der Waals surface area contributed by atoms with Gasteiger partial charge >= 0.3 is 12.1 Å². The van der Waals surface area contributed by atoms with Crippen molar-refractivity contribution in [3.8, 4) is 11.1 Å². The lowest BCUT2D eigenvalue weighted by Gasteiger charge is -2.17. The van der Waals surface area contributed by atoms with Crippen molar-refractivity contribution < 1.29 is 29.3 Å². The number of carbonyl (C=O) groups is 3. The van der Waals surface area contributed by atoms with Crippen LogP contribution in [0.15, 0.2) is 72.8 Å². The van der Waals surface area contributed by atoms with Gasteiger partial charge in [0.1, 0.15) is 12.6 Å². The van der Waals surface area contributed by atoms with Gasteiger partial charge in [0.05, 0.1) is 11.3 Å². The number of para-hydroxylation sites is 1. The lowest BCUT2D eigenvalue weighted by molar-refractivity contribution is -0.139. The lowest BCUT2D eigenvalue weighted by Crippen LogP contribution is -2.41. The number of ether oxygens (including phenoxy) is 1. The second-order valence-electron chi connectivity index (χ2n) is 7.87. The smallest absolute Gasteiger partial charge is 0.411 e. The highest BCUT2D eigenvalue weighted by molar-refractivity contribution is 6.03. The van der Waals surface area contributed by atoms with Crippen LogP contribution in [0.4, 0.5) is 10.5 Å². The molecule has 0 radical (unpaired) electrons. The molecule has 4 N–H and O–H groups in total. The molecular formula is C26H24N2O6. The van der Waals surface area contributed by atoms with Gasteiger partial charge in [-0.05, 0) is 34.4 Å². The summed E-state index contributed by atoms with van der Waals surface area (Å²) in [6.45, 7) is -0.275.